The molecule has 0 radical (unpaired) electrons. The predicted octanol–water partition coefficient (Wildman–Crippen LogP) is 5.03. The Labute approximate surface area is 194 Å². The third kappa shape index (κ3) is 5.87. The van der Waals surface area contributed by atoms with Gasteiger partial charge in [0.2, 0.25) is 0 Å². The van der Waals surface area contributed by atoms with Crippen LogP contribution in [0.2, 0.25) is 10.0 Å². The van der Waals surface area contributed by atoms with Crippen molar-refractivity contribution >= 4 is 52.4 Å². The normalized spacial score (nSPS) is 10.4. The lowest BCUT2D eigenvalue weighted by molar-refractivity contribution is -0.119. The number of hydrogen-bond acceptors (Lipinski definition) is 7. The highest BCUT2D eigenvalue weighted by atomic mass is 35.5. The molecule has 166 valence electrons. The van der Waals surface area contributed by atoms with Crippen molar-refractivity contribution in [1.29, 1.82) is 0 Å². The predicted molar refractivity (Wildman–Crippen MR) is 123 cm³/mol. The molecule has 2 heterocycles. The van der Waals surface area contributed by atoms with Gasteiger partial charge in [0.15, 0.2) is 12.4 Å². The van der Waals surface area contributed by atoms with Gasteiger partial charge in [-0.25, -0.2) is 14.8 Å². The number of hydrogen-bond donors (Lipinski definition) is 2. The van der Waals surface area contributed by atoms with E-state index in [2.05, 4.69) is 20.6 Å². The van der Waals surface area contributed by atoms with Crippen LogP contribution in [0.1, 0.15) is 22.8 Å². The summed E-state index contributed by atoms with van der Waals surface area (Å²) < 4.78 is 10.6. The van der Waals surface area contributed by atoms with Crippen LogP contribution in [0.4, 0.5) is 17.3 Å². The van der Waals surface area contributed by atoms with Crippen LogP contribution in [-0.2, 0) is 9.53 Å². The van der Waals surface area contributed by atoms with Crippen molar-refractivity contribution in [2.75, 3.05) is 23.8 Å². The Hall–Kier alpha value is -3.36. The molecule has 0 fully saturated rings. The molecule has 0 saturated heterocycles. The van der Waals surface area contributed by atoms with E-state index in [0.717, 1.165) is 5.75 Å². The van der Waals surface area contributed by atoms with Crippen molar-refractivity contribution in [3.63, 3.8) is 0 Å². The van der Waals surface area contributed by atoms with Gasteiger partial charge in [-0.1, -0.05) is 23.2 Å². The topological polar surface area (TPSA) is 102 Å². The second-order valence-corrected chi connectivity index (χ2v) is 7.29. The Kier molecular flexibility index (Phi) is 7.86. The molecular weight excluding hydrogens is 455 g/mol. The minimum atomic E-state index is -0.715. The van der Waals surface area contributed by atoms with Crippen molar-refractivity contribution in [3.8, 4) is 5.75 Å². The molecule has 0 bridgehead atoms. The number of carbonyl (C=O) groups excluding carboxylic acids is 2. The van der Waals surface area contributed by atoms with E-state index in [9.17, 15) is 9.59 Å². The maximum atomic E-state index is 12.6. The lowest BCUT2D eigenvalue weighted by Crippen LogP contribution is -2.22. The van der Waals surface area contributed by atoms with Gasteiger partial charge >= 0.3 is 5.97 Å². The molecule has 1 amide bonds. The molecule has 0 aliphatic rings. The Morgan fingerprint density at radius 2 is 1.81 bits per heavy atom. The van der Waals surface area contributed by atoms with E-state index in [0.29, 0.717) is 28.7 Å². The van der Waals surface area contributed by atoms with Crippen LogP contribution in [0.5, 0.6) is 5.75 Å². The first-order valence-corrected chi connectivity index (χ1v) is 10.4. The van der Waals surface area contributed by atoms with Gasteiger partial charge in [-0.3, -0.25) is 4.79 Å². The van der Waals surface area contributed by atoms with Gasteiger partial charge in [-0.15, -0.1) is 0 Å². The fourth-order valence-electron chi connectivity index (χ4n) is 2.63. The van der Waals surface area contributed by atoms with Crippen LogP contribution in [0, 0.1) is 6.92 Å². The van der Waals surface area contributed by atoms with E-state index in [1.807, 2.05) is 6.92 Å². The number of carbonyl (C=O) groups is 2. The van der Waals surface area contributed by atoms with Gasteiger partial charge in [-0.05, 0) is 55.8 Å². The molecule has 2 N–H and O–H groups in total. The Bertz CT molecular complexity index is 1120. The monoisotopic (exact) mass is 474 g/mol. The minimum absolute atomic E-state index is 0.133. The SMILES string of the molecule is CCOc1ccc(Nc2ncccc2C(=O)OCC(=O)Nc2ncc(Cl)c(C)c2Cl)cc1. The molecule has 3 rings (SSSR count). The van der Waals surface area contributed by atoms with Crippen molar-refractivity contribution < 1.29 is 19.1 Å². The number of benzene rings is 1. The van der Waals surface area contributed by atoms with Crippen LogP contribution in [0.3, 0.4) is 0 Å². The minimum Gasteiger partial charge on any atom is -0.494 e. The zero-order valence-corrected chi connectivity index (χ0v) is 18.8. The summed E-state index contributed by atoms with van der Waals surface area (Å²) in [4.78, 5) is 32.9. The lowest BCUT2D eigenvalue weighted by atomic mass is 10.2. The fourth-order valence-corrected chi connectivity index (χ4v) is 3.02. The van der Waals surface area contributed by atoms with Crippen LogP contribution in [-0.4, -0.2) is 35.1 Å². The second kappa shape index (κ2) is 10.8. The first-order chi connectivity index (χ1) is 15.4. The molecule has 8 nitrogen and oxygen atoms in total. The van der Waals surface area contributed by atoms with E-state index in [1.54, 1.807) is 43.3 Å². The number of halogens is 2. The average molecular weight is 475 g/mol. The largest absolute Gasteiger partial charge is 0.494 e. The Morgan fingerprint density at radius 1 is 1.06 bits per heavy atom. The standard InChI is InChI=1S/C22H20Cl2N4O4/c1-3-31-15-8-6-14(7-9-15)27-20-16(5-4-10-25-20)22(30)32-12-18(29)28-21-19(24)13(2)17(23)11-26-21/h4-11H,3,12H2,1-2H3,(H,25,27)(H,26,28,29). The van der Waals surface area contributed by atoms with E-state index >= 15 is 0 Å². The molecular formula is C22H20Cl2N4O4. The van der Waals surface area contributed by atoms with Crippen LogP contribution in [0.15, 0.2) is 48.8 Å². The van der Waals surface area contributed by atoms with Crippen molar-refractivity contribution in [3.05, 3.63) is 70.0 Å². The summed E-state index contributed by atoms with van der Waals surface area (Å²) in [5, 5.41) is 6.15. The Morgan fingerprint density at radius 3 is 2.53 bits per heavy atom. The lowest BCUT2D eigenvalue weighted by Gasteiger charge is -2.12. The summed E-state index contributed by atoms with van der Waals surface area (Å²) in [5.74, 6) is -0.156. The summed E-state index contributed by atoms with van der Waals surface area (Å²) in [6.45, 7) is 3.63. The quantitative estimate of drug-likeness (QED) is 0.441. The van der Waals surface area contributed by atoms with Gasteiger partial charge in [0.1, 0.15) is 17.1 Å². The molecule has 3 aromatic rings. The van der Waals surface area contributed by atoms with E-state index in [1.165, 1.54) is 12.4 Å². The molecule has 10 heteroatoms. The maximum absolute atomic E-state index is 12.6. The van der Waals surface area contributed by atoms with Gasteiger partial charge < -0.3 is 20.1 Å². The van der Waals surface area contributed by atoms with Crippen molar-refractivity contribution in [2.45, 2.75) is 13.8 Å². The Balaban J connectivity index is 1.63. The third-order valence-corrected chi connectivity index (χ3v) is 5.09. The zero-order chi connectivity index (χ0) is 23.1. The van der Waals surface area contributed by atoms with E-state index in [-0.39, 0.29) is 16.4 Å². The fraction of sp³-hybridized carbons (Fsp3) is 0.182. The highest BCUT2D eigenvalue weighted by molar-refractivity contribution is 6.37. The number of pyridine rings is 2. The number of ether oxygens (including phenoxy) is 2. The summed E-state index contributed by atoms with van der Waals surface area (Å²) in [6.07, 6.45) is 2.91. The number of anilines is 3. The first kappa shape index (κ1) is 23.3. The molecule has 2 aromatic heterocycles. The maximum Gasteiger partial charge on any atom is 0.342 e. The highest BCUT2D eigenvalue weighted by Gasteiger charge is 2.17. The summed E-state index contributed by atoms with van der Waals surface area (Å²) >= 11 is 12.1. The molecule has 0 unspecified atom stereocenters. The smallest absolute Gasteiger partial charge is 0.342 e. The highest BCUT2D eigenvalue weighted by Crippen LogP contribution is 2.28. The number of nitrogens with zero attached hydrogens (tertiary/aromatic N) is 2. The third-order valence-electron chi connectivity index (χ3n) is 4.25. The zero-order valence-electron chi connectivity index (χ0n) is 17.3. The number of rotatable bonds is 8. The van der Waals surface area contributed by atoms with Crippen LogP contribution >= 0.6 is 23.2 Å². The van der Waals surface area contributed by atoms with Gasteiger partial charge in [0.25, 0.3) is 5.91 Å². The molecule has 0 spiro atoms. The first-order valence-electron chi connectivity index (χ1n) is 9.61. The molecule has 0 aliphatic heterocycles. The number of esters is 1. The van der Waals surface area contributed by atoms with Gasteiger partial charge in [0, 0.05) is 18.1 Å². The van der Waals surface area contributed by atoms with Crippen LogP contribution in [0.25, 0.3) is 0 Å². The number of nitrogens with one attached hydrogen (secondary N) is 2. The van der Waals surface area contributed by atoms with E-state index < -0.39 is 18.5 Å². The summed E-state index contributed by atoms with van der Waals surface area (Å²) in [5.41, 5.74) is 1.46. The summed E-state index contributed by atoms with van der Waals surface area (Å²) in [6, 6.07) is 10.3. The molecule has 0 atom stereocenters. The van der Waals surface area contributed by atoms with Gasteiger partial charge in [-0.2, -0.15) is 0 Å². The molecule has 1 aromatic carbocycles. The number of amides is 1. The average Bonchev–Trinajstić information content (AvgIpc) is 2.80. The summed E-state index contributed by atoms with van der Waals surface area (Å²) in [7, 11) is 0. The van der Waals surface area contributed by atoms with Crippen molar-refractivity contribution in [2.24, 2.45) is 0 Å². The molecule has 32 heavy (non-hydrogen) atoms. The number of aromatic nitrogens is 2. The second-order valence-electron chi connectivity index (χ2n) is 6.50. The van der Waals surface area contributed by atoms with E-state index in [4.69, 9.17) is 32.7 Å². The van der Waals surface area contributed by atoms with Gasteiger partial charge in [0.05, 0.1) is 16.7 Å². The van der Waals surface area contributed by atoms with Crippen molar-refractivity contribution in [1.82, 2.24) is 9.97 Å². The molecule has 0 saturated carbocycles. The van der Waals surface area contributed by atoms with Crippen LogP contribution < -0.4 is 15.4 Å². The molecule has 0 aliphatic carbocycles.